The van der Waals surface area contributed by atoms with Gasteiger partial charge in [0.25, 0.3) is 0 Å². The Morgan fingerprint density at radius 2 is 1.92 bits per heavy atom. The summed E-state index contributed by atoms with van der Waals surface area (Å²) in [5.74, 6) is 0. The predicted molar refractivity (Wildman–Crippen MR) is 105 cm³/mol. The van der Waals surface area contributed by atoms with E-state index in [9.17, 15) is 0 Å². The van der Waals surface area contributed by atoms with Crippen molar-refractivity contribution < 1.29 is 0 Å². The van der Waals surface area contributed by atoms with Crippen LogP contribution < -0.4 is 5.32 Å². The molecule has 1 N–H and O–H groups in total. The van der Waals surface area contributed by atoms with E-state index < -0.39 is 0 Å². The second kappa shape index (κ2) is 6.25. The summed E-state index contributed by atoms with van der Waals surface area (Å²) < 4.78 is 3.71. The summed E-state index contributed by atoms with van der Waals surface area (Å²) in [6.45, 7) is 8.61. The Hall–Kier alpha value is -2.67. The lowest BCUT2D eigenvalue weighted by Crippen LogP contribution is -2.11. The van der Waals surface area contributed by atoms with Crippen molar-refractivity contribution in [2.45, 2.75) is 39.2 Å². The van der Waals surface area contributed by atoms with Gasteiger partial charge in [0, 0.05) is 17.8 Å². The Bertz CT molecular complexity index is 973. The van der Waals surface area contributed by atoms with E-state index >= 15 is 0 Å². The fraction of sp³-hybridized carbons (Fsp3) is 0.316. The van der Waals surface area contributed by atoms with E-state index in [0.717, 1.165) is 21.5 Å². The van der Waals surface area contributed by atoms with E-state index in [1.807, 2.05) is 27.7 Å². The zero-order valence-electron chi connectivity index (χ0n) is 15.3. The average molecular weight is 366 g/mol. The normalized spacial score (nSPS) is 13.2. The van der Waals surface area contributed by atoms with Gasteiger partial charge in [0.05, 0.1) is 23.6 Å². The average Bonchev–Trinajstić information content (AvgIpc) is 3.30. The maximum absolute atomic E-state index is 4.69. The molecule has 0 bridgehead atoms. The summed E-state index contributed by atoms with van der Waals surface area (Å²) >= 11 is 1.57. The molecule has 3 aromatic heterocycles. The number of nitrogens with one attached hydrogen (secondary N) is 1. The lowest BCUT2D eigenvalue weighted by atomic mass is 9.93. The lowest BCUT2D eigenvalue weighted by molar-refractivity contribution is 0.572. The van der Waals surface area contributed by atoms with Crippen molar-refractivity contribution in [1.29, 1.82) is 0 Å². The van der Waals surface area contributed by atoms with E-state index in [0.29, 0.717) is 0 Å². The Morgan fingerprint density at radius 1 is 1.15 bits per heavy atom. The molecule has 0 aliphatic rings. The van der Waals surface area contributed by atoms with Crippen LogP contribution in [0.4, 0.5) is 5.13 Å². The summed E-state index contributed by atoms with van der Waals surface area (Å²) in [7, 11) is 0. The summed E-state index contributed by atoms with van der Waals surface area (Å²) in [6, 6.07) is 10.5. The van der Waals surface area contributed by atoms with Crippen molar-refractivity contribution in [2.24, 2.45) is 0 Å². The molecule has 0 saturated heterocycles. The highest BCUT2D eigenvalue weighted by Crippen LogP contribution is 2.28. The van der Waals surface area contributed by atoms with Gasteiger partial charge in [0.15, 0.2) is 0 Å². The first-order valence-corrected chi connectivity index (χ1v) is 9.45. The van der Waals surface area contributed by atoms with Gasteiger partial charge in [-0.2, -0.15) is 5.10 Å². The van der Waals surface area contributed by atoms with Crippen LogP contribution in [0.3, 0.4) is 0 Å². The number of imidazole rings is 1. The summed E-state index contributed by atoms with van der Waals surface area (Å²) in [6.07, 6.45) is 5.73. The number of hydrogen-bond donors (Lipinski definition) is 1. The van der Waals surface area contributed by atoms with Crippen LogP contribution in [0, 0.1) is 0 Å². The molecule has 0 saturated carbocycles. The van der Waals surface area contributed by atoms with Gasteiger partial charge in [0.2, 0.25) is 10.1 Å². The largest absolute Gasteiger partial charge is 0.354 e. The van der Waals surface area contributed by atoms with Gasteiger partial charge in [-0.25, -0.2) is 14.2 Å². The van der Waals surface area contributed by atoms with Crippen molar-refractivity contribution in [3.05, 3.63) is 60.2 Å². The first-order chi connectivity index (χ1) is 12.4. The molecule has 134 valence electrons. The molecule has 4 aromatic rings. The summed E-state index contributed by atoms with van der Waals surface area (Å²) in [5, 5.41) is 13.2. The van der Waals surface area contributed by atoms with Crippen molar-refractivity contribution in [3.63, 3.8) is 0 Å². The van der Waals surface area contributed by atoms with E-state index in [1.54, 1.807) is 17.5 Å². The molecule has 4 rings (SSSR count). The maximum atomic E-state index is 4.69. The zero-order chi connectivity index (χ0) is 18.3. The van der Waals surface area contributed by atoms with Crippen LogP contribution in [-0.4, -0.2) is 24.4 Å². The van der Waals surface area contributed by atoms with Crippen LogP contribution in [0.15, 0.2) is 48.9 Å². The SMILES string of the molecule is CC(Nc1nn2cc(C(C)(C)C)nc2s1)c1ccc(-n2cccn2)cc1. The maximum Gasteiger partial charge on any atom is 0.214 e. The van der Waals surface area contributed by atoms with Crippen molar-refractivity contribution >= 4 is 21.4 Å². The minimum absolute atomic E-state index is 0.0324. The molecule has 0 radical (unpaired) electrons. The van der Waals surface area contributed by atoms with Crippen LogP contribution in [0.1, 0.15) is 45.0 Å². The second-order valence-corrected chi connectivity index (χ2v) is 8.37. The molecule has 1 unspecified atom stereocenters. The first kappa shape index (κ1) is 16.8. The molecule has 0 aliphatic heterocycles. The minimum atomic E-state index is 0.0324. The molecular weight excluding hydrogens is 344 g/mol. The van der Waals surface area contributed by atoms with Gasteiger partial charge in [-0.05, 0) is 30.7 Å². The molecule has 3 heterocycles. The molecule has 0 spiro atoms. The number of nitrogens with zero attached hydrogens (tertiary/aromatic N) is 5. The predicted octanol–water partition coefficient (Wildman–Crippen LogP) is 4.45. The number of benzene rings is 1. The fourth-order valence-electron chi connectivity index (χ4n) is 2.73. The van der Waals surface area contributed by atoms with Crippen molar-refractivity contribution in [1.82, 2.24) is 24.4 Å². The van der Waals surface area contributed by atoms with Crippen LogP contribution in [-0.2, 0) is 5.41 Å². The van der Waals surface area contributed by atoms with Gasteiger partial charge < -0.3 is 5.32 Å². The summed E-state index contributed by atoms with van der Waals surface area (Å²) in [4.78, 5) is 5.61. The quantitative estimate of drug-likeness (QED) is 0.580. The molecule has 1 aromatic carbocycles. The van der Waals surface area contributed by atoms with Crippen molar-refractivity contribution in [3.8, 4) is 5.69 Å². The van der Waals surface area contributed by atoms with Gasteiger partial charge in [-0.3, -0.25) is 0 Å². The Morgan fingerprint density at radius 3 is 2.54 bits per heavy atom. The molecule has 6 nitrogen and oxygen atoms in total. The van der Waals surface area contributed by atoms with Crippen molar-refractivity contribution in [2.75, 3.05) is 5.32 Å². The van der Waals surface area contributed by atoms with Gasteiger partial charge in [-0.15, -0.1) is 5.10 Å². The third kappa shape index (κ3) is 3.22. The Balaban J connectivity index is 1.49. The highest BCUT2D eigenvalue weighted by Gasteiger charge is 2.19. The van der Waals surface area contributed by atoms with Gasteiger partial charge in [0.1, 0.15) is 0 Å². The standard InChI is InChI=1S/C19H22N6S/c1-13(14-6-8-15(9-7-14)24-11-5-10-20-24)21-17-23-25-12-16(19(2,3)4)22-18(25)26-17/h5-13H,1-4H3,(H,21,23). The number of fused-ring (bicyclic) bond motifs is 1. The fourth-order valence-corrected chi connectivity index (χ4v) is 3.59. The molecule has 7 heteroatoms. The molecule has 1 atom stereocenters. The zero-order valence-corrected chi connectivity index (χ0v) is 16.2. The Labute approximate surface area is 156 Å². The van der Waals surface area contributed by atoms with E-state index in [4.69, 9.17) is 4.98 Å². The van der Waals surface area contributed by atoms with Crippen LogP contribution in [0.2, 0.25) is 0 Å². The highest BCUT2D eigenvalue weighted by atomic mass is 32.1. The monoisotopic (exact) mass is 366 g/mol. The molecule has 0 amide bonds. The highest BCUT2D eigenvalue weighted by molar-refractivity contribution is 7.20. The van der Waals surface area contributed by atoms with E-state index in [2.05, 4.69) is 67.5 Å². The third-order valence-electron chi connectivity index (χ3n) is 4.31. The van der Waals surface area contributed by atoms with Crippen LogP contribution in [0.25, 0.3) is 10.6 Å². The minimum Gasteiger partial charge on any atom is -0.354 e. The van der Waals surface area contributed by atoms with Crippen LogP contribution in [0.5, 0.6) is 0 Å². The lowest BCUT2D eigenvalue weighted by Gasteiger charge is -2.14. The topological polar surface area (TPSA) is 60.0 Å². The van der Waals surface area contributed by atoms with E-state index in [-0.39, 0.29) is 11.5 Å². The number of anilines is 1. The number of aromatic nitrogens is 5. The Kier molecular flexibility index (Phi) is 4.03. The van der Waals surface area contributed by atoms with Gasteiger partial charge in [-0.1, -0.05) is 44.2 Å². The first-order valence-electron chi connectivity index (χ1n) is 8.63. The van der Waals surface area contributed by atoms with Gasteiger partial charge >= 0.3 is 0 Å². The molecule has 26 heavy (non-hydrogen) atoms. The van der Waals surface area contributed by atoms with Crippen LogP contribution >= 0.6 is 11.3 Å². The smallest absolute Gasteiger partial charge is 0.214 e. The number of rotatable bonds is 4. The molecular formula is C19H22N6S. The third-order valence-corrected chi connectivity index (χ3v) is 5.17. The second-order valence-electron chi connectivity index (χ2n) is 7.42. The molecule has 0 aliphatic carbocycles. The molecule has 0 fully saturated rings. The number of hydrogen-bond acceptors (Lipinski definition) is 5. The van der Waals surface area contributed by atoms with E-state index in [1.165, 1.54) is 5.56 Å². The summed E-state index contributed by atoms with van der Waals surface area (Å²) in [5.41, 5.74) is 3.34.